The fourth-order valence-electron chi connectivity index (χ4n) is 4.18. The van der Waals surface area contributed by atoms with Crippen molar-refractivity contribution in [3.8, 4) is 0 Å². The third-order valence-corrected chi connectivity index (χ3v) is 5.84. The van der Waals surface area contributed by atoms with Gasteiger partial charge in [-0.1, -0.05) is 6.07 Å². The number of nitrogen functional groups attached to an aromatic ring is 1. The zero-order valence-electron chi connectivity index (χ0n) is 17.2. The Morgan fingerprint density at radius 1 is 1.30 bits per heavy atom. The molecular weight excluding hydrogens is 384 g/mol. The third kappa shape index (κ3) is 3.62. The molecule has 4 N–H and O–H groups in total. The van der Waals surface area contributed by atoms with Crippen LogP contribution in [-0.4, -0.2) is 34.0 Å². The van der Waals surface area contributed by atoms with E-state index in [9.17, 15) is 14.4 Å². The Morgan fingerprint density at radius 2 is 2.10 bits per heavy atom. The highest BCUT2D eigenvalue weighted by atomic mass is 16.2. The Morgan fingerprint density at radius 3 is 2.87 bits per heavy atom. The molecule has 1 fully saturated rings. The zero-order chi connectivity index (χ0) is 21.4. The molecule has 158 valence electrons. The lowest BCUT2D eigenvalue weighted by Crippen LogP contribution is -2.52. The van der Waals surface area contributed by atoms with Crippen LogP contribution in [0.3, 0.4) is 0 Å². The van der Waals surface area contributed by atoms with Gasteiger partial charge in [0.25, 0.3) is 5.56 Å². The van der Waals surface area contributed by atoms with Gasteiger partial charge in [-0.25, -0.2) is 4.98 Å². The molecule has 0 aromatic carbocycles. The van der Waals surface area contributed by atoms with Crippen molar-refractivity contribution in [1.29, 1.82) is 0 Å². The summed E-state index contributed by atoms with van der Waals surface area (Å²) in [5.74, 6) is -0.0170. The number of amides is 2. The van der Waals surface area contributed by atoms with E-state index in [1.807, 2.05) is 24.0 Å². The van der Waals surface area contributed by atoms with E-state index in [-0.39, 0.29) is 35.6 Å². The van der Waals surface area contributed by atoms with E-state index in [1.54, 1.807) is 13.0 Å². The highest BCUT2D eigenvalue weighted by Crippen LogP contribution is 2.34. The Balaban J connectivity index is 1.54. The topological polar surface area (TPSA) is 122 Å². The lowest BCUT2D eigenvalue weighted by Gasteiger charge is -2.41. The van der Waals surface area contributed by atoms with Crippen LogP contribution in [-0.2, 0) is 22.7 Å². The lowest BCUT2D eigenvalue weighted by atomic mass is 9.97. The average molecular weight is 410 g/mol. The van der Waals surface area contributed by atoms with E-state index >= 15 is 0 Å². The van der Waals surface area contributed by atoms with E-state index in [0.717, 1.165) is 42.8 Å². The van der Waals surface area contributed by atoms with Crippen molar-refractivity contribution in [3.05, 3.63) is 45.5 Å². The molecule has 1 atom stereocenters. The molecule has 2 aliphatic heterocycles. The maximum absolute atomic E-state index is 13.1. The number of carbonyl (C=O) groups is 2. The summed E-state index contributed by atoms with van der Waals surface area (Å²) in [6.45, 7) is 4.55. The summed E-state index contributed by atoms with van der Waals surface area (Å²) in [4.78, 5) is 44.3. The summed E-state index contributed by atoms with van der Waals surface area (Å²) in [6.07, 6.45) is 2.78. The van der Waals surface area contributed by atoms with Crippen LogP contribution in [0.15, 0.2) is 23.0 Å². The van der Waals surface area contributed by atoms with Gasteiger partial charge >= 0.3 is 0 Å². The van der Waals surface area contributed by atoms with E-state index in [4.69, 9.17) is 5.73 Å². The van der Waals surface area contributed by atoms with Gasteiger partial charge in [-0.15, -0.1) is 0 Å². The Kier molecular flexibility index (Phi) is 5.19. The van der Waals surface area contributed by atoms with Gasteiger partial charge in [-0.2, -0.15) is 0 Å². The highest BCUT2D eigenvalue weighted by Gasteiger charge is 2.36. The van der Waals surface area contributed by atoms with Crippen molar-refractivity contribution in [2.24, 2.45) is 0 Å². The van der Waals surface area contributed by atoms with Crippen molar-refractivity contribution < 1.29 is 9.59 Å². The molecule has 0 saturated carbocycles. The second kappa shape index (κ2) is 7.81. The first-order valence-electron chi connectivity index (χ1n) is 10.2. The Bertz CT molecular complexity index is 1080. The van der Waals surface area contributed by atoms with Crippen molar-refractivity contribution in [2.75, 3.05) is 22.5 Å². The normalized spacial score (nSPS) is 17.7. The quantitative estimate of drug-likeness (QED) is 0.693. The Labute approximate surface area is 174 Å². The molecule has 4 rings (SSSR count). The van der Waals surface area contributed by atoms with Gasteiger partial charge in [0, 0.05) is 24.5 Å². The summed E-state index contributed by atoms with van der Waals surface area (Å²) in [6, 6.07) is 5.17. The van der Waals surface area contributed by atoms with Crippen LogP contribution in [0.5, 0.6) is 0 Å². The molecule has 1 saturated heterocycles. The van der Waals surface area contributed by atoms with Crippen molar-refractivity contribution in [3.63, 3.8) is 0 Å². The molecule has 30 heavy (non-hydrogen) atoms. The first-order valence-corrected chi connectivity index (χ1v) is 10.2. The van der Waals surface area contributed by atoms with E-state index in [2.05, 4.69) is 15.6 Å². The number of anilines is 3. The minimum Gasteiger partial charge on any atom is -0.384 e. The molecule has 0 radical (unpaired) electrons. The van der Waals surface area contributed by atoms with Crippen LogP contribution in [0, 0.1) is 13.8 Å². The maximum Gasteiger partial charge on any atom is 0.277 e. The molecule has 1 unspecified atom stereocenters. The van der Waals surface area contributed by atoms with Crippen LogP contribution in [0.2, 0.25) is 0 Å². The zero-order valence-corrected chi connectivity index (χ0v) is 17.2. The van der Waals surface area contributed by atoms with Gasteiger partial charge in [-0.3, -0.25) is 14.4 Å². The van der Waals surface area contributed by atoms with Crippen LogP contribution >= 0.6 is 0 Å². The molecular formula is C21H26N6O3. The third-order valence-electron chi connectivity index (χ3n) is 5.84. The maximum atomic E-state index is 13.1. The number of aromatic nitrogens is 2. The largest absolute Gasteiger partial charge is 0.384 e. The number of hydrogen-bond donors (Lipinski definition) is 3. The number of rotatable bonds is 4. The average Bonchev–Trinajstić information content (AvgIpc) is 2.72. The fourth-order valence-corrected chi connectivity index (χ4v) is 4.18. The van der Waals surface area contributed by atoms with Gasteiger partial charge in [0.2, 0.25) is 11.8 Å². The molecule has 2 aromatic rings. The molecule has 9 nitrogen and oxygen atoms in total. The smallest absolute Gasteiger partial charge is 0.277 e. The number of aryl methyl sites for hydroxylation is 2. The van der Waals surface area contributed by atoms with Gasteiger partial charge in [-0.05, 0) is 50.8 Å². The molecule has 0 spiro atoms. The fraction of sp³-hybridized carbons (Fsp3) is 0.429. The number of carbonyl (C=O) groups excluding carboxylic acids is 2. The van der Waals surface area contributed by atoms with Crippen LogP contribution in [0.25, 0.3) is 0 Å². The van der Waals surface area contributed by atoms with Crippen LogP contribution in [0.1, 0.15) is 36.2 Å². The van der Waals surface area contributed by atoms with Crippen LogP contribution < -0.4 is 26.8 Å². The number of nitrogens with one attached hydrogen (secondary N) is 2. The molecule has 0 bridgehead atoms. The minimum atomic E-state index is -0.358. The molecule has 4 heterocycles. The van der Waals surface area contributed by atoms with Crippen molar-refractivity contribution in [1.82, 2.24) is 14.9 Å². The van der Waals surface area contributed by atoms with E-state index < -0.39 is 0 Å². The summed E-state index contributed by atoms with van der Waals surface area (Å²) < 4.78 is 1.40. The second-order valence-corrected chi connectivity index (χ2v) is 7.89. The van der Waals surface area contributed by atoms with Gasteiger partial charge in [0.05, 0.1) is 5.69 Å². The standard InChI is InChI=1S/C21H26N6O3/c1-12-9-16-19(25-20(29)15-5-3-4-8-26(15)16)21(30)27(12)11-18(28)23-10-14-6-7-17(22)24-13(14)2/h6-7,9,15H,3-5,8,10-11H2,1-2H3,(H2,22,24)(H,23,28)(H,25,29). The number of nitrogens with two attached hydrogens (primary N) is 1. The number of pyridine rings is 2. The summed E-state index contributed by atoms with van der Waals surface area (Å²) >= 11 is 0. The van der Waals surface area contributed by atoms with E-state index in [1.165, 1.54) is 4.57 Å². The van der Waals surface area contributed by atoms with Gasteiger partial charge in [0.1, 0.15) is 24.1 Å². The number of fused-ring (bicyclic) bond motifs is 3. The number of hydrogen-bond acceptors (Lipinski definition) is 6. The van der Waals surface area contributed by atoms with E-state index in [0.29, 0.717) is 18.1 Å². The van der Waals surface area contributed by atoms with Crippen molar-refractivity contribution >= 4 is 29.0 Å². The summed E-state index contributed by atoms with van der Waals surface area (Å²) in [5, 5.41) is 5.59. The Hall–Kier alpha value is -3.36. The van der Waals surface area contributed by atoms with Gasteiger partial charge in [0.15, 0.2) is 0 Å². The summed E-state index contributed by atoms with van der Waals surface area (Å²) in [5.41, 5.74) is 8.59. The predicted molar refractivity (Wildman–Crippen MR) is 114 cm³/mol. The lowest BCUT2D eigenvalue weighted by molar-refractivity contribution is -0.122. The SMILES string of the molecule is Cc1nc(N)ccc1CNC(=O)Cn1c(C)cc2c(c1=O)NC(=O)C1CCCCN21. The monoisotopic (exact) mass is 410 g/mol. The summed E-state index contributed by atoms with van der Waals surface area (Å²) in [7, 11) is 0. The molecule has 2 aliphatic rings. The second-order valence-electron chi connectivity index (χ2n) is 7.89. The first kappa shape index (κ1) is 19.9. The number of piperidine rings is 1. The van der Waals surface area contributed by atoms with Crippen molar-refractivity contribution in [2.45, 2.75) is 52.2 Å². The van der Waals surface area contributed by atoms with Crippen LogP contribution in [0.4, 0.5) is 17.2 Å². The highest BCUT2D eigenvalue weighted by molar-refractivity contribution is 6.03. The molecule has 0 aliphatic carbocycles. The minimum absolute atomic E-state index is 0.126. The molecule has 9 heteroatoms. The molecule has 2 aromatic heterocycles. The first-order chi connectivity index (χ1) is 14.3. The predicted octanol–water partition coefficient (Wildman–Crippen LogP) is 1.07. The number of nitrogens with zero attached hydrogens (tertiary/aromatic N) is 3. The molecule has 2 amide bonds. The van der Waals surface area contributed by atoms with Gasteiger partial charge < -0.3 is 25.8 Å².